The van der Waals surface area contributed by atoms with Crippen LogP contribution in [0, 0.1) is 20.9 Å². The molecule has 2 aliphatic heterocycles. The Bertz CT molecular complexity index is 1250. The van der Waals surface area contributed by atoms with E-state index < -0.39 is 16.5 Å². The molecule has 0 spiro atoms. The molecule has 7 nitrogen and oxygen atoms in total. The maximum atomic E-state index is 13.9. The van der Waals surface area contributed by atoms with Crippen LogP contribution in [0.1, 0.15) is 57.6 Å². The fraction of sp³-hybridized carbons (Fsp3) is 0.444. The van der Waals surface area contributed by atoms with Crippen molar-refractivity contribution in [2.45, 2.75) is 52.1 Å². The summed E-state index contributed by atoms with van der Waals surface area (Å²) in [5.74, 6) is 0.788. The van der Waals surface area contributed by atoms with E-state index in [2.05, 4.69) is 37.2 Å². The lowest BCUT2D eigenvalue weighted by Gasteiger charge is -2.64. The smallest absolute Gasteiger partial charge is 0.269 e. The summed E-state index contributed by atoms with van der Waals surface area (Å²) in [5.41, 5.74) is 3.32. The number of ether oxygens (including phenoxy) is 1. The van der Waals surface area contributed by atoms with Gasteiger partial charge in [0.1, 0.15) is 11.4 Å². The molecule has 2 aromatic carbocycles. The Labute approximate surface area is 199 Å². The normalized spacial score (nSPS) is 26.4. The number of nitro benzene ring substituents is 1. The van der Waals surface area contributed by atoms with Gasteiger partial charge < -0.3 is 15.0 Å². The zero-order chi connectivity index (χ0) is 24.6. The minimum atomic E-state index is -0.699. The molecule has 0 unspecified atom stereocenters. The van der Waals surface area contributed by atoms with Crippen LogP contribution in [0.5, 0.6) is 5.75 Å². The summed E-state index contributed by atoms with van der Waals surface area (Å²) in [7, 11) is 3.71. The largest absolute Gasteiger partial charge is 0.497 e. The molecule has 0 fully saturated rings. The summed E-state index contributed by atoms with van der Waals surface area (Å²) < 4.78 is 5.57. The van der Waals surface area contributed by atoms with Crippen molar-refractivity contribution in [3.63, 3.8) is 0 Å². The molecule has 0 saturated heterocycles. The Morgan fingerprint density at radius 2 is 1.79 bits per heavy atom. The van der Waals surface area contributed by atoms with Crippen molar-refractivity contribution in [1.82, 2.24) is 5.32 Å². The number of rotatable bonds is 3. The molecule has 2 atom stereocenters. The first-order valence-electron chi connectivity index (χ1n) is 11.7. The van der Waals surface area contributed by atoms with Crippen LogP contribution < -0.4 is 15.0 Å². The first-order valence-corrected chi connectivity index (χ1v) is 11.7. The fourth-order valence-electron chi connectivity index (χ4n) is 6.47. The molecule has 1 aliphatic carbocycles. The quantitative estimate of drug-likeness (QED) is 0.496. The third-order valence-electron chi connectivity index (χ3n) is 8.37. The number of allylic oxidation sites excluding steroid dienone is 2. The molecular weight excluding hydrogens is 430 g/mol. The maximum Gasteiger partial charge on any atom is 0.269 e. The Hall–Kier alpha value is -3.35. The number of Topliss-reactive ketones (excluding diaryl/α,β-unsaturated/α-hetero) is 1. The number of ketones is 1. The van der Waals surface area contributed by atoms with Gasteiger partial charge in [0.2, 0.25) is 0 Å². The Balaban J connectivity index is 1.83. The van der Waals surface area contributed by atoms with E-state index in [1.807, 2.05) is 38.1 Å². The molecule has 0 radical (unpaired) electrons. The average Bonchev–Trinajstić information content (AvgIpc) is 2.79. The second kappa shape index (κ2) is 7.08. The molecule has 178 valence electrons. The number of carbonyl (C=O) groups excluding carboxylic acids is 1. The van der Waals surface area contributed by atoms with Crippen LogP contribution in [0.3, 0.4) is 0 Å². The van der Waals surface area contributed by atoms with Gasteiger partial charge in [0.25, 0.3) is 5.69 Å². The van der Waals surface area contributed by atoms with Gasteiger partial charge in [-0.1, -0.05) is 27.7 Å². The molecule has 3 aliphatic rings. The lowest BCUT2D eigenvalue weighted by Crippen LogP contribution is -2.70. The van der Waals surface area contributed by atoms with Gasteiger partial charge in [-0.05, 0) is 54.3 Å². The summed E-state index contributed by atoms with van der Waals surface area (Å²) in [6.07, 6.45) is 1.55. The average molecular weight is 462 g/mol. The Kier molecular flexibility index (Phi) is 4.67. The van der Waals surface area contributed by atoms with Crippen LogP contribution in [-0.4, -0.2) is 24.9 Å². The van der Waals surface area contributed by atoms with E-state index in [4.69, 9.17) is 4.74 Å². The van der Waals surface area contributed by atoms with E-state index in [0.29, 0.717) is 0 Å². The van der Waals surface area contributed by atoms with Gasteiger partial charge in [0.05, 0.1) is 12.0 Å². The number of nitrogens with zero attached hydrogens (tertiary/aromatic N) is 2. The number of non-ortho nitro benzene ring substituents is 1. The first-order chi connectivity index (χ1) is 16.0. The summed E-state index contributed by atoms with van der Waals surface area (Å²) >= 11 is 0. The predicted octanol–water partition coefficient (Wildman–Crippen LogP) is 5.26. The molecular formula is C27H31N3O4. The van der Waals surface area contributed by atoms with Crippen molar-refractivity contribution in [2.24, 2.45) is 10.8 Å². The van der Waals surface area contributed by atoms with Gasteiger partial charge >= 0.3 is 0 Å². The molecule has 5 rings (SSSR count). The monoisotopic (exact) mass is 461 g/mol. The van der Waals surface area contributed by atoms with Crippen LogP contribution >= 0.6 is 0 Å². The molecule has 0 amide bonds. The van der Waals surface area contributed by atoms with Crippen LogP contribution in [0.25, 0.3) is 0 Å². The van der Waals surface area contributed by atoms with Gasteiger partial charge in [-0.15, -0.1) is 0 Å². The fourth-order valence-corrected chi connectivity index (χ4v) is 6.47. The summed E-state index contributed by atoms with van der Waals surface area (Å²) in [6.45, 7) is 8.44. The number of carbonyl (C=O) groups is 1. The van der Waals surface area contributed by atoms with Crippen molar-refractivity contribution < 1.29 is 14.5 Å². The topological polar surface area (TPSA) is 84.7 Å². The molecule has 2 bridgehead atoms. The SMILES string of the molecule is COc1ccc2c(c1)[C@@H]1C3=C(CCC(C)(C)C3=O)N[C@](c3ccc([N+](=O)[O-])cc3)(N2C)C1(C)C. The van der Waals surface area contributed by atoms with E-state index in [-0.39, 0.29) is 22.3 Å². The van der Waals surface area contributed by atoms with Gasteiger partial charge in [-0.25, -0.2) is 0 Å². The van der Waals surface area contributed by atoms with Gasteiger partial charge in [-0.3, -0.25) is 14.9 Å². The molecule has 2 aromatic rings. The van der Waals surface area contributed by atoms with Gasteiger partial charge in [0, 0.05) is 52.9 Å². The molecule has 2 heterocycles. The van der Waals surface area contributed by atoms with Crippen LogP contribution in [-0.2, 0) is 10.5 Å². The van der Waals surface area contributed by atoms with Crippen LogP contribution in [0.4, 0.5) is 11.4 Å². The number of hydrogen-bond donors (Lipinski definition) is 1. The maximum absolute atomic E-state index is 13.9. The van der Waals surface area contributed by atoms with Crippen molar-refractivity contribution >= 4 is 17.2 Å². The summed E-state index contributed by atoms with van der Waals surface area (Å²) in [5, 5.41) is 15.2. The minimum Gasteiger partial charge on any atom is -0.497 e. The molecule has 0 saturated carbocycles. The second-order valence-electron chi connectivity index (χ2n) is 10.9. The standard InChI is InChI=1S/C27H31N3O4/c1-25(2)14-13-20-22(24(25)31)23-19-15-18(34-6)11-12-21(19)29(5)27(28-20,26(23,3)4)16-7-9-17(10-8-16)30(32)33/h7-12,15,23,28H,13-14H2,1-6H3/t23-,27-/m1/s1. The molecule has 7 heteroatoms. The second-order valence-corrected chi connectivity index (χ2v) is 10.9. The first kappa shape index (κ1) is 22.4. The minimum absolute atomic E-state index is 0.0587. The Morgan fingerprint density at radius 3 is 2.41 bits per heavy atom. The van der Waals surface area contributed by atoms with E-state index in [9.17, 15) is 14.9 Å². The highest BCUT2D eigenvalue weighted by atomic mass is 16.6. The highest BCUT2D eigenvalue weighted by Crippen LogP contribution is 2.64. The zero-order valence-corrected chi connectivity index (χ0v) is 20.6. The number of hydrogen-bond acceptors (Lipinski definition) is 6. The highest BCUT2D eigenvalue weighted by molar-refractivity contribution is 6.03. The van der Waals surface area contributed by atoms with E-state index in [1.165, 1.54) is 0 Å². The van der Waals surface area contributed by atoms with Crippen molar-refractivity contribution in [3.8, 4) is 5.75 Å². The van der Waals surface area contributed by atoms with E-state index in [1.54, 1.807) is 19.2 Å². The predicted molar refractivity (Wildman–Crippen MR) is 131 cm³/mol. The number of methoxy groups -OCH3 is 1. The number of nitrogens with one attached hydrogen (secondary N) is 1. The van der Waals surface area contributed by atoms with Crippen molar-refractivity contribution in [2.75, 3.05) is 19.1 Å². The van der Waals surface area contributed by atoms with Crippen LogP contribution in [0.15, 0.2) is 53.7 Å². The summed E-state index contributed by atoms with van der Waals surface area (Å²) in [4.78, 5) is 27.0. The highest BCUT2D eigenvalue weighted by Gasteiger charge is 2.63. The Morgan fingerprint density at radius 1 is 1.12 bits per heavy atom. The number of anilines is 1. The number of fused-ring (bicyclic) bond motifs is 5. The van der Waals surface area contributed by atoms with E-state index >= 15 is 0 Å². The number of benzene rings is 2. The lowest BCUT2D eigenvalue weighted by atomic mass is 9.53. The lowest BCUT2D eigenvalue weighted by molar-refractivity contribution is -0.384. The third-order valence-corrected chi connectivity index (χ3v) is 8.37. The van der Waals surface area contributed by atoms with Gasteiger partial charge in [0.15, 0.2) is 5.78 Å². The summed E-state index contributed by atoms with van der Waals surface area (Å²) in [6, 6.07) is 12.9. The molecule has 34 heavy (non-hydrogen) atoms. The number of nitro groups is 1. The van der Waals surface area contributed by atoms with Crippen LogP contribution in [0.2, 0.25) is 0 Å². The van der Waals surface area contributed by atoms with Crippen molar-refractivity contribution in [1.29, 1.82) is 0 Å². The van der Waals surface area contributed by atoms with Crippen molar-refractivity contribution in [3.05, 3.63) is 75.0 Å². The van der Waals surface area contributed by atoms with E-state index in [0.717, 1.165) is 46.7 Å². The molecule has 1 N–H and O–H groups in total. The zero-order valence-electron chi connectivity index (χ0n) is 20.6. The third kappa shape index (κ3) is 2.73. The molecule has 0 aromatic heterocycles. The van der Waals surface area contributed by atoms with Gasteiger partial charge in [-0.2, -0.15) is 0 Å².